The molecule has 3 amide bonds. The Hall–Kier alpha value is -2.14. The number of benzene rings is 1. The number of amides is 3. The number of likely N-dealkylation sites (tertiary alicyclic amines) is 1. The fourth-order valence-corrected chi connectivity index (χ4v) is 3.10. The van der Waals surface area contributed by atoms with Gasteiger partial charge in [0, 0.05) is 0 Å². The van der Waals surface area contributed by atoms with Crippen molar-refractivity contribution in [1.82, 2.24) is 4.90 Å². The Balaban J connectivity index is 1.68. The Labute approximate surface area is 132 Å². The van der Waals surface area contributed by atoms with Crippen LogP contribution in [0, 0.1) is 11.8 Å². The molecule has 0 aromatic heterocycles. The molecule has 1 aliphatic carbocycles. The molecule has 22 heavy (non-hydrogen) atoms. The number of hydrogen-bond acceptors (Lipinski definition) is 3. The summed E-state index contributed by atoms with van der Waals surface area (Å²) in [6.07, 6.45) is 4.97. The lowest BCUT2D eigenvalue weighted by Crippen LogP contribution is -2.38. The molecular weight excluding hydrogens is 304 g/mol. The normalized spacial score (nSPS) is 23.6. The maximum Gasteiger partial charge on any atom is 0.244 e. The smallest absolute Gasteiger partial charge is 0.244 e. The standard InChI is InChI=1S/C16H15ClN2O3/c17-12-7-3-4-8-13(12)18-14(20)9-19-15(21)10-5-1-2-6-11(10)16(19)22/h1-4,7-8,10-11H,5-6,9H2,(H,18,20)/t10-,11-/m1/s1. The van der Waals surface area contributed by atoms with Gasteiger partial charge in [-0.05, 0) is 25.0 Å². The molecule has 3 rings (SSSR count). The molecule has 1 N–H and O–H groups in total. The van der Waals surface area contributed by atoms with Crippen molar-refractivity contribution in [1.29, 1.82) is 0 Å². The van der Waals surface area contributed by atoms with Gasteiger partial charge in [0.15, 0.2) is 0 Å². The molecule has 114 valence electrons. The summed E-state index contributed by atoms with van der Waals surface area (Å²) in [5, 5.41) is 3.04. The van der Waals surface area contributed by atoms with Gasteiger partial charge in [0.1, 0.15) is 6.54 Å². The zero-order valence-electron chi connectivity index (χ0n) is 11.8. The van der Waals surface area contributed by atoms with E-state index in [1.165, 1.54) is 0 Å². The predicted octanol–water partition coefficient (Wildman–Crippen LogP) is 2.23. The van der Waals surface area contributed by atoms with Crippen molar-refractivity contribution in [3.8, 4) is 0 Å². The maximum absolute atomic E-state index is 12.3. The largest absolute Gasteiger partial charge is 0.323 e. The first-order valence-corrected chi connectivity index (χ1v) is 7.50. The van der Waals surface area contributed by atoms with E-state index in [4.69, 9.17) is 11.6 Å². The number of para-hydroxylation sites is 1. The predicted molar refractivity (Wildman–Crippen MR) is 82.2 cm³/mol. The van der Waals surface area contributed by atoms with Crippen LogP contribution in [0.5, 0.6) is 0 Å². The number of hydrogen-bond donors (Lipinski definition) is 1. The molecular formula is C16H15ClN2O3. The van der Waals surface area contributed by atoms with Gasteiger partial charge in [-0.3, -0.25) is 19.3 Å². The molecule has 6 heteroatoms. The second-order valence-corrected chi connectivity index (χ2v) is 5.85. The van der Waals surface area contributed by atoms with Gasteiger partial charge in [0.25, 0.3) is 0 Å². The van der Waals surface area contributed by atoms with E-state index < -0.39 is 5.91 Å². The van der Waals surface area contributed by atoms with Crippen molar-refractivity contribution < 1.29 is 14.4 Å². The lowest BCUT2D eigenvalue weighted by Gasteiger charge is -2.14. The number of rotatable bonds is 3. The lowest BCUT2D eigenvalue weighted by atomic mass is 9.85. The molecule has 0 radical (unpaired) electrons. The second kappa shape index (κ2) is 5.93. The Morgan fingerprint density at radius 3 is 2.32 bits per heavy atom. The van der Waals surface area contributed by atoms with Gasteiger partial charge in [-0.1, -0.05) is 35.9 Å². The van der Waals surface area contributed by atoms with Crippen LogP contribution in [0.15, 0.2) is 36.4 Å². The molecule has 5 nitrogen and oxygen atoms in total. The highest BCUT2D eigenvalue weighted by atomic mass is 35.5. The third kappa shape index (κ3) is 2.64. The van der Waals surface area contributed by atoms with Gasteiger partial charge >= 0.3 is 0 Å². The number of imide groups is 1. The molecule has 1 fully saturated rings. The quantitative estimate of drug-likeness (QED) is 0.686. The number of nitrogens with zero attached hydrogens (tertiary/aromatic N) is 1. The third-order valence-electron chi connectivity index (χ3n) is 4.05. The SMILES string of the molecule is O=C(CN1C(=O)[C@@H]2CC=CC[C@H]2C1=O)Nc1ccccc1Cl. The van der Waals surface area contributed by atoms with Crippen molar-refractivity contribution in [3.05, 3.63) is 41.4 Å². The highest BCUT2D eigenvalue weighted by molar-refractivity contribution is 6.33. The minimum Gasteiger partial charge on any atom is -0.323 e. The van der Waals surface area contributed by atoms with Gasteiger partial charge in [-0.15, -0.1) is 0 Å². The van der Waals surface area contributed by atoms with E-state index >= 15 is 0 Å². The molecule has 1 heterocycles. The Morgan fingerprint density at radius 1 is 1.14 bits per heavy atom. The summed E-state index contributed by atoms with van der Waals surface area (Å²) in [5.74, 6) is -1.57. The minimum atomic E-state index is -0.429. The molecule has 1 aromatic carbocycles. The van der Waals surface area contributed by atoms with E-state index in [0.717, 1.165) is 4.90 Å². The van der Waals surface area contributed by atoms with Crippen LogP contribution in [0.4, 0.5) is 5.69 Å². The number of halogens is 1. The van der Waals surface area contributed by atoms with Crippen LogP contribution in [0.2, 0.25) is 5.02 Å². The molecule has 1 aromatic rings. The average molecular weight is 319 g/mol. The van der Waals surface area contributed by atoms with Crippen molar-refractivity contribution in [2.45, 2.75) is 12.8 Å². The van der Waals surface area contributed by atoms with Gasteiger partial charge < -0.3 is 5.32 Å². The highest BCUT2D eigenvalue weighted by Gasteiger charge is 2.47. The summed E-state index contributed by atoms with van der Waals surface area (Å²) in [5.41, 5.74) is 0.465. The van der Waals surface area contributed by atoms with E-state index in [1.807, 2.05) is 12.2 Å². The van der Waals surface area contributed by atoms with Crippen LogP contribution < -0.4 is 5.32 Å². The van der Waals surface area contributed by atoms with Crippen molar-refractivity contribution in [3.63, 3.8) is 0 Å². The maximum atomic E-state index is 12.3. The summed E-state index contributed by atoms with van der Waals surface area (Å²) in [7, 11) is 0. The van der Waals surface area contributed by atoms with Gasteiger partial charge in [0.05, 0.1) is 22.5 Å². The van der Waals surface area contributed by atoms with E-state index in [-0.39, 0.29) is 30.2 Å². The molecule has 2 aliphatic rings. The Kier molecular flexibility index (Phi) is 3.98. The van der Waals surface area contributed by atoms with Crippen molar-refractivity contribution >= 4 is 35.0 Å². The van der Waals surface area contributed by atoms with E-state index in [1.54, 1.807) is 24.3 Å². The molecule has 1 aliphatic heterocycles. The third-order valence-corrected chi connectivity index (χ3v) is 4.38. The minimum absolute atomic E-state index is 0.256. The number of anilines is 1. The van der Waals surface area contributed by atoms with E-state index in [2.05, 4.69) is 5.32 Å². The first-order chi connectivity index (χ1) is 10.6. The number of carbonyl (C=O) groups excluding carboxylic acids is 3. The van der Waals surface area contributed by atoms with Crippen LogP contribution in [0.3, 0.4) is 0 Å². The summed E-state index contributed by atoms with van der Waals surface area (Å²) in [6.45, 7) is -0.268. The summed E-state index contributed by atoms with van der Waals surface area (Å²) < 4.78 is 0. The fourth-order valence-electron chi connectivity index (χ4n) is 2.92. The molecule has 1 saturated heterocycles. The first-order valence-electron chi connectivity index (χ1n) is 7.12. The summed E-state index contributed by atoms with van der Waals surface area (Å²) in [6, 6.07) is 6.82. The average Bonchev–Trinajstić information content (AvgIpc) is 2.75. The second-order valence-electron chi connectivity index (χ2n) is 5.45. The molecule has 0 saturated carbocycles. The summed E-state index contributed by atoms with van der Waals surface area (Å²) in [4.78, 5) is 37.7. The number of allylic oxidation sites excluding steroid dienone is 2. The number of nitrogens with one attached hydrogen (secondary N) is 1. The molecule has 0 bridgehead atoms. The summed E-state index contributed by atoms with van der Waals surface area (Å²) >= 11 is 5.97. The van der Waals surface area contributed by atoms with Gasteiger partial charge in [-0.2, -0.15) is 0 Å². The van der Waals surface area contributed by atoms with Crippen molar-refractivity contribution in [2.24, 2.45) is 11.8 Å². The van der Waals surface area contributed by atoms with Crippen molar-refractivity contribution in [2.75, 3.05) is 11.9 Å². The lowest BCUT2D eigenvalue weighted by molar-refractivity contribution is -0.142. The zero-order chi connectivity index (χ0) is 15.7. The van der Waals surface area contributed by atoms with Crippen LogP contribution in [0.25, 0.3) is 0 Å². The first kappa shape index (κ1) is 14.8. The topological polar surface area (TPSA) is 66.5 Å². The van der Waals surface area contributed by atoms with Crippen LogP contribution >= 0.6 is 11.6 Å². The van der Waals surface area contributed by atoms with Crippen LogP contribution in [-0.2, 0) is 14.4 Å². The zero-order valence-corrected chi connectivity index (χ0v) is 12.5. The molecule has 0 unspecified atom stereocenters. The highest BCUT2D eigenvalue weighted by Crippen LogP contribution is 2.34. The van der Waals surface area contributed by atoms with E-state index in [9.17, 15) is 14.4 Å². The number of fused-ring (bicyclic) bond motifs is 1. The molecule has 0 spiro atoms. The monoisotopic (exact) mass is 318 g/mol. The van der Waals surface area contributed by atoms with Crippen LogP contribution in [-0.4, -0.2) is 29.2 Å². The van der Waals surface area contributed by atoms with E-state index in [0.29, 0.717) is 23.6 Å². The van der Waals surface area contributed by atoms with Crippen LogP contribution in [0.1, 0.15) is 12.8 Å². The number of carbonyl (C=O) groups is 3. The Bertz CT molecular complexity index is 645. The van der Waals surface area contributed by atoms with Gasteiger partial charge in [0.2, 0.25) is 17.7 Å². The van der Waals surface area contributed by atoms with Gasteiger partial charge in [-0.25, -0.2) is 0 Å². The molecule has 2 atom stereocenters. The Morgan fingerprint density at radius 2 is 1.73 bits per heavy atom. The fraction of sp³-hybridized carbons (Fsp3) is 0.312.